The lowest BCUT2D eigenvalue weighted by Gasteiger charge is -2.24. The van der Waals surface area contributed by atoms with E-state index in [2.05, 4.69) is 4.98 Å². The molecular weight excluding hydrogens is 452 g/mol. The van der Waals surface area contributed by atoms with Crippen LogP contribution in [0.4, 0.5) is 23.2 Å². The quantitative estimate of drug-likeness (QED) is 0.390. The van der Waals surface area contributed by atoms with Crippen LogP contribution in [0.15, 0.2) is 65.7 Å². The van der Waals surface area contributed by atoms with Gasteiger partial charge in [0.25, 0.3) is 5.91 Å². The molecule has 0 saturated heterocycles. The number of ether oxygens (including phenoxy) is 1. The number of hydrogen-bond acceptors (Lipinski definition) is 5. The Labute approximate surface area is 182 Å². The molecule has 1 heterocycles. The average molecular weight is 468 g/mol. The summed E-state index contributed by atoms with van der Waals surface area (Å²) in [5.41, 5.74) is -2.19. The molecule has 0 N–H and O–H groups in total. The van der Waals surface area contributed by atoms with Crippen LogP contribution >= 0.6 is 0 Å². The van der Waals surface area contributed by atoms with E-state index in [-0.39, 0.29) is 17.2 Å². The summed E-state index contributed by atoms with van der Waals surface area (Å²) in [5, 5.41) is 0.582. The maximum absolute atomic E-state index is 13.6. The SMILES string of the molecule is COc1cc(F)ccc1ON(C(=O)c1cccnc1C(F)(F)F)c1cccc(S(C)=O)c1. The molecule has 0 bridgehead atoms. The number of benzene rings is 2. The van der Waals surface area contributed by atoms with Gasteiger partial charge in [-0.3, -0.25) is 14.0 Å². The second kappa shape index (κ2) is 9.35. The number of rotatable bonds is 6. The van der Waals surface area contributed by atoms with Crippen molar-refractivity contribution in [2.45, 2.75) is 11.1 Å². The van der Waals surface area contributed by atoms with Crippen molar-refractivity contribution in [2.75, 3.05) is 18.4 Å². The van der Waals surface area contributed by atoms with Gasteiger partial charge in [-0.15, -0.1) is 5.06 Å². The van der Waals surface area contributed by atoms with Gasteiger partial charge >= 0.3 is 6.18 Å². The van der Waals surface area contributed by atoms with Crippen LogP contribution in [-0.2, 0) is 17.0 Å². The van der Waals surface area contributed by atoms with E-state index in [0.717, 1.165) is 30.5 Å². The van der Waals surface area contributed by atoms with Gasteiger partial charge in [0.2, 0.25) is 0 Å². The molecule has 32 heavy (non-hydrogen) atoms. The van der Waals surface area contributed by atoms with Crippen LogP contribution in [0.5, 0.6) is 11.5 Å². The van der Waals surface area contributed by atoms with Gasteiger partial charge < -0.3 is 9.57 Å². The number of anilines is 1. The number of methoxy groups -OCH3 is 1. The first kappa shape index (κ1) is 23.2. The van der Waals surface area contributed by atoms with Crippen molar-refractivity contribution in [3.63, 3.8) is 0 Å². The highest BCUT2D eigenvalue weighted by Crippen LogP contribution is 2.34. The van der Waals surface area contributed by atoms with E-state index < -0.39 is 40.0 Å². The lowest BCUT2D eigenvalue weighted by molar-refractivity contribution is -0.141. The monoisotopic (exact) mass is 468 g/mol. The third-order valence-electron chi connectivity index (χ3n) is 4.19. The summed E-state index contributed by atoms with van der Waals surface area (Å²) in [7, 11) is -0.214. The normalized spacial score (nSPS) is 12.2. The second-order valence-corrected chi connectivity index (χ2v) is 7.71. The van der Waals surface area contributed by atoms with E-state index in [1.807, 2.05) is 0 Å². The first-order valence-electron chi connectivity index (χ1n) is 8.93. The van der Waals surface area contributed by atoms with Crippen LogP contribution in [0.1, 0.15) is 16.1 Å². The van der Waals surface area contributed by atoms with Crippen molar-refractivity contribution < 1.29 is 36.1 Å². The minimum Gasteiger partial charge on any atom is -0.493 e. The number of carbonyl (C=O) groups is 1. The minimum atomic E-state index is -4.90. The number of amides is 1. The van der Waals surface area contributed by atoms with E-state index >= 15 is 0 Å². The van der Waals surface area contributed by atoms with Crippen molar-refractivity contribution in [2.24, 2.45) is 0 Å². The summed E-state index contributed by atoms with van der Waals surface area (Å²) in [6.07, 6.45) is -2.59. The average Bonchev–Trinajstić information content (AvgIpc) is 2.77. The molecule has 1 amide bonds. The van der Waals surface area contributed by atoms with Crippen LogP contribution < -0.4 is 14.6 Å². The van der Waals surface area contributed by atoms with Crippen molar-refractivity contribution in [1.82, 2.24) is 4.98 Å². The fourth-order valence-corrected chi connectivity index (χ4v) is 3.29. The molecule has 6 nitrogen and oxygen atoms in total. The molecule has 1 unspecified atom stereocenters. The Kier molecular flexibility index (Phi) is 6.78. The molecular formula is C21H16F4N2O4S. The molecule has 2 aromatic carbocycles. The number of pyridine rings is 1. The highest BCUT2D eigenvalue weighted by Gasteiger charge is 2.39. The van der Waals surface area contributed by atoms with Gasteiger partial charge in [0.15, 0.2) is 17.2 Å². The summed E-state index contributed by atoms with van der Waals surface area (Å²) in [6, 6.07) is 11.0. The molecule has 0 spiro atoms. The van der Waals surface area contributed by atoms with Crippen molar-refractivity contribution in [3.8, 4) is 11.5 Å². The van der Waals surface area contributed by atoms with Gasteiger partial charge in [0, 0.05) is 34.2 Å². The number of carbonyl (C=O) groups excluding carboxylic acids is 1. The number of halogens is 4. The maximum Gasteiger partial charge on any atom is 0.434 e. The zero-order chi connectivity index (χ0) is 23.5. The third-order valence-corrected chi connectivity index (χ3v) is 5.11. The van der Waals surface area contributed by atoms with Gasteiger partial charge in [0.1, 0.15) is 5.82 Å². The van der Waals surface area contributed by atoms with E-state index in [1.54, 1.807) is 0 Å². The van der Waals surface area contributed by atoms with Crippen molar-refractivity contribution >= 4 is 22.4 Å². The predicted octanol–water partition coefficient (Wildman–Crippen LogP) is 4.63. The zero-order valence-electron chi connectivity index (χ0n) is 16.7. The molecule has 0 fully saturated rings. The van der Waals surface area contributed by atoms with Gasteiger partial charge in [0.05, 0.1) is 18.4 Å². The van der Waals surface area contributed by atoms with Gasteiger partial charge in [-0.05, 0) is 42.5 Å². The van der Waals surface area contributed by atoms with Crippen LogP contribution in [-0.4, -0.2) is 28.5 Å². The van der Waals surface area contributed by atoms with Crippen LogP contribution in [0.25, 0.3) is 0 Å². The van der Waals surface area contributed by atoms with Gasteiger partial charge in [-0.1, -0.05) is 6.07 Å². The standard InChI is InChI=1S/C21H16F4N2O4S/c1-30-18-11-13(22)8-9-17(18)31-27(14-5-3-6-15(12-14)32(2)29)20(28)16-7-4-10-26-19(16)21(23,24)25/h3-12H,1-2H3. The molecule has 1 atom stereocenters. The van der Waals surface area contributed by atoms with E-state index in [4.69, 9.17) is 9.57 Å². The maximum atomic E-state index is 13.6. The summed E-state index contributed by atoms with van der Waals surface area (Å²) in [4.78, 5) is 22.4. The lowest BCUT2D eigenvalue weighted by Crippen LogP contribution is -2.36. The fraction of sp³-hybridized carbons (Fsp3) is 0.143. The smallest absolute Gasteiger partial charge is 0.434 e. The van der Waals surface area contributed by atoms with Crippen molar-refractivity contribution in [3.05, 3.63) is 77.9 Å². The van der Waals surface area contributed by atoms with E-state index in [9.17, 15) is 26.6 Å². The topological polar surface area (TPSA) is 68.7 Å². The Morgan fingerprint density at radius 2 is 1.81 bits per heavy atom. The molecule has 3 rings (SSSR count). The molecule has 0 radical (unpaired) electrons. The van der Waals surface area contributed by atoms with Crippen molar-refractivity contribution in [1.29, 1.82) is 0 Å². The van der Waals surface area contributed by atoms with Crippen LogP contribution in [0, 0.1) is 5.82 Å². The Morgan fingerprint density at radius 1 is 1.06 bits per heavy atom. The minimum absolute atomic E-state index is 0.00828. The first-order valence-corrected chi connectivity index (χ1v) is 10.5. The third kappa shape index (κ3) is 5.05. The van der Waals surface area contributed by atoms with Crippen LogP contribution in [0.3, 0.4) is 0 Å². The fourth-order valence-electron chi connectivity index (χ4n) is 2.73. The number of hydroxylamine groups is 1. The molecule has 0 aliphatic heterocycles. The van der Waals surface area contributed by atoms with Gasteiger partial charge in [-0.25, -0.2) is 4.39 Å². The Bertz CT molecular complexity index is 1170. The Balaban J connectivity index is 2.15. The molecule has 168 valence electrons. The number of nitrogens with zero attached hydrogens (tertiary/aromatic N) is 2. The molecule has 11 heteroatoms. The molecule has 0 aliphatic carbocycles. The Hall–Kier alpha value is -3.47. The second-order valence-electron chi connectivity index (χ2n) is 6.33. The molecule has 0 aliphatic rings. The molecule has 3 aromatic rings. The van der Waals surface area contributed by atoms with E-state index in [1.165, 1.54) is 43.7 Å². The van der Waals surface area contributed by atoms with Gasteiger partial charge in [-0.2, -0.15) is 13.2 Å². The first-order chi connectivity index (χ1) is 15.1. The zero-order valence-corrected chi connectivity index (χ0v) is 17.5. The largest absolute Gasteiger partial charge is 0.493 e. The highest BCUT2D eigenvalue weighted by atomic mass is 32.2. The number of hydrogen-bond donors (Lipinski definition) is 0. The summed E-state index contributed by atoms with van der Waals surface area (Å²) >= 11 is 0. The predicted molar refractivity (Wildman–Crippen MR) is 108 cm³/mol. The molecule has 0 saturated carbocycles. The summed E-state index contributed by atoms with van der Waals surface area (Å²) < 4.78 is 70.9. The summed E-state index contributed by atoms with van der Waals surface area (Å²) in [6.45, 7) is 0. The Morgan fingerprint density at radius 3 is 2.47 bits per heavy atom. The lowest BCUT2D eigenvalue weighted by atomic mass is 10.1. The number of aromatic nitrogens is 1. The highest BCUT2D eigenvalue weighted by molar-refractivity contribution is 7.84. The number of alkyl halides is 3. The van der Waals surface area contributed by atoms with E-state index in [0.29, 0.717) is 9.96 Å². The summed E-state index contributed by atoms with van der Waals surface area (Å²) in [5.74, 6) is -2.08. The van der Waals surface area contributed by atoms with Crippen LogP contribution in [0.2, 0.25) is 0 Å². The molecule has 1 aromatic heterocycles.